The topological polar surface area (TPSA) is 0 Å². The van der Waals surface area contributed by atoms with Crippen molar-refractivity contribution in [3.05, 3.63) is 6.92 Å². The van der Waals surface area contributed by atoms with E-state index < -0.39 is 0 Å². The van der Waals surface area contributed by atoms with Crippen LogP contribution in [0.1, 0.15) is 53.4 Å². The summed E-state index contributed by atoms with van der Waals surface area (Å²) in [6.07, 6.45) is 5.00. The second-order valence-electron chi connectivity index (χ2n) is 3.58. The van der Waals surface area contributed by atoms with Crippen molar-refractivity contribution in [1.29, 1.82) is 0 Å². The molecule has 0 aliphatic heterocycles. The molecule has 0 saturated carbocycles. The monoisotopic (exact) mass is 155 g/mol. The maximum absolute atomic E-state index is 4.35. The number of hydrogen-bond acceptors (Lipinski definition) is 0. The lowest BCUT2D eigenvalue weighted by atomic mass is 9.71. The number of rotatable bonds is 5. The smallest absolute Gasteiger partial charge is 0.0274 e. The highest BCUT2D eigenvalue weighted by molar-refractivity contribution is 4.85. The van der Waals surface area contributed by atoms with E-state index in [0.29, 0.717) is 5.41 Å². The molecule has 0 rings (SSSR count). The maximum Gasteiger partial charge on any atom is -0.0274 e. The highest BCUT2D eigenvalue weighted by Gasteiger charge is 2.27. The normalized spacial score (nSPS) is 12.5. The summed E-state index contributed by atoms with van der Waals surface area (Å²) in [4.78, 5) is 0. The van der Waals surface area contributed by atoms with Gasteiger partial charge in [-0.25, -0.2) is 0 Å². The SMILES string of the molecule is [CH2]C(CC)(CC)C(CC)CC. The minimum absolute atomic E-state index is 0.351. The third-order valence-electron chi connectivity index (χ3n) is 3.26. The Balaban J connectivity index is 4.19. The molecule has 0 atom stereocenters. The minimum Gasteiger partial charge on any atom is -0.0651 e. The van der Waals surface area contributed by atoms with Gasteiger partial charge in [-0.15, -0.1) is 0 Å². The van der Waals surface area contributed by atoms with E-state index in [0.717, 1.165) is 5.92 Å². The first-order valence-electron chi connectivity index (χ1n) is 4.99. The molecule has 0 unspecified atom stereocenters. The van der Waals surface area contributed by atoms with Crippen molar-refractivity contribution in [2.75, 3.05) is 0 Å². The van der Waals surface area contributed by atoms with Crippen molar-refractivity contribution >= 4 is 0 Å². The highest BCUT2D eigenvalue weighted by atomic mass is 14.3. The average molecular weight is 155 g/mol. The van der Waals surface area contributed by atoms with E-state index in [9.17, 15) is 0 Å². The Labute approximate surface area is 72.4 Å². The Morgan fingerprint density at radius 3 is 1.45 bits per heavy atom. The van der Waals surface area contributed by atoms with Crippen LogP contribution in [0.15, 0.2) is 0 Å². The molecular formula is C11H23. The first-order chi connectivity index (χ1) is 5.14. The zero-order valence-electron chi connectivity index (χ0n) is 8.61. The summed E-state index contributed by atoms with van der Waals surface area (Å²) >= 11 is 0. The molecule has 0 N–H and O–H groups in total. The summed E-state index contributed by atoms with van der Waals surface area (Å²) in [7, 11) is 0. The second-order valence-corrected chi connectivity index (χ2v) is 3.58. The fourth-order valence-electron chi connectivity index (χ4n) is 1.98. The van der Waals surface area contributed by atoms with Gasteiger partial charge >= 0.3 is 0 Å². The van der Waals surface area contributed by atoms with Crippen LogP contribution in [-0.4, -0.2) is 0 Å². The largest absolute Gasteiger partial charge is 0.0651 e. The van der Waals surface area contributed by atoms with Gasteiger partial charge in [-0.3, -0.25) is 0 Å². The third-order valence-corrected chi connectivity index (χ3v) is 3.26. The van der Waals surface area contributed by atoms with Gasteiger partial charge in [0.25, 0.3) is 0 Å². The zero-order valence-corrected chi connectivity index (χ0v) is 8.61. The van der Waals surface area contributed by atoms with Crippen LogP contribution in [0.2, 0.25) is 0 Å². The molecule has 0 bridgehead atoms. The molecule has 11 heavy (non-hydrogen) atoms. The van der Waals surface area contributed by atoms with E-state index in [1.54, 1.807) is 0 Å². The molecule has 0 aromatic heterocycles. The second kappa shape index (κ2) is 4.79. The van der Waals surface area contributed by atoms with Crippen LogP contribution in [0.5, 0.6) is 0 Å². The fourth-order valence-corrected chi connectivity index (χ4v) is 1.98. The van der Waals surface area contributed by atoms with E-state index in [2.05, 4.69) is 34.6 Å². The van der Waals surface area contributed by atoms with Gasteiger partial charge in [0.2, 0.25) is 0 Å². The summed E-state index contributed by atoms with van der Waals surface area (Å²) in [6, 6.07) is 0. The first-order valence-corrected chi connectivity index (χ1v) is 4.99. The predicted octanol–water partition coefficient (Wildman–Crippen LogP) is 4.06. The molecule has 0 fully saturated rings. The van der Waals surface area contributed by atoms with Crippen LogP contribution in [0.25, 0.3) is 0 Å². The van der Waals surface area contributed by atoms with E-state index in [4.69, 9.17) is 0 Å². The minimum atomic E-state index is 0.351. The molecule has 0 aliphatic carbocycles. The summed E-state index contributed by atoms with van der Waals surface area (Å²) < 4.78 is 0. The van der Waals surface area contributed by atoms with Gasteiger partial charge in [-0.1, -0.05) is 53.4 Å². The highest BCUT2D eigenvalue weighted by Crippen LogP contribution is 2.37. The van der Waals surface area contributed by atoms with Crippen molar-refractivity contribution < 1.29 is 0 Å². The molecule has 0 saturated heterocycles. The van der Waals surface area contributed by atoms with Gasteiger partial charge < -0.3 is 0 Å². The van der Waals surface area contributed by atoms with Crippen LogP contribution in [-0.2, 0) is 0 Å². The van der Waals surface area contributed by atoms with E-state index in [1.165, 1.54) is 25.7 Å². The fraction of sp³-hybridized carbons (Fsp3) is 0.909. The van der Waals surface area contributed by atoms with Crippen molar-refractivity contribution in [1.82, 2.24) is 0 Å². The maximum atomic E-state index is 4.35. The van der Waals surface area contributed by atoms with Crippen LogP contribution < -0.4 is 0 Å². The van der Waals surface area contributed by atoms with Crippen molar-refractivity contribution in [2.24, 2.45) is 11.3 Å². The van der Waals surface area contributed by atoms with Gasteiger partial charge in [0, 0.05) is 0 Å². The molecule has 0 heteroatoms. The van der Waals surface area contributed by atoms with Crippen LogP contribution in [0.4, 0.5) is 0 Å². The van der Waals surface area contributed by atoms with Crippen LogP contribution in [0.3, 0.4) is 0 Å². The third kappa shape index (κ3) is 2.50. The molecule has 0 amide bonds. The molecule has 67 valence electrons. The number of hydrogen-bond donors (Lipinski definition) is 0. The summed E-state index contributed by atoms with van der Waals surface area (Å²) in [5.74, 6) is 0.817. The van der Waals surface area contributed by atoms with Crippen LogP contribution >= 0.6 is 0 Å². The predicted molar refractivity (Wildman–Crippen MR) is 52.4 cm³/mol. The lowest BCUT2D eigenvalue weighted by Crippen LogP contribution is -2.25. The lowest BCUT2D eigenvalue weighted by Gasteiger charge is -2.35. The molecular weight excluding hydrogens is 132 g/mol. The Morgan fingerprint density at radius 2 is 1.36 bits per heavy atom. The molecule has 0 spiro atoms. The van der Waals surface area contributed by atoms with Crippen LogP contribution in [0, 0.1) is 18.3 Å². The Hall–Kier alpha value is 0. The molecule has 0 aromatic carbocycles. The molecule has 0 nitrogen and oxygen atoms in total. The van der Waals surface area contributed by atoms with Gasteiger partial charge in [-0.05, 0) is 18.3 Å². The zero-order chi connectivity index (χ0) is 8.91. The first kappa shape index (κ1) is 11.0. The van der Waals surface area contributed by atoms with Crippen molar-refractivity contribution in [3.8, 4) is 0 Å². The molecule has 1 radical (unpaired) electrons. The van der Waals surface area contributed by atoms with Crippen molar-refractivity contribution in [2.45, 2.75) is 53.4 Å². The summed E-state index contributed by atoms with van der Waals surface area (Å²) in [5.41, 5.74) is 0.351. The van der Waals surface area contributed by atoms with Gasteiger partial charge in [0.1, 0.15) is 0 Å². The van der Waals surface area contributed by atoms with E-state index in [-0.39, 0.29) is 0 Å². The van der Waals surface area contributed by atoms with E-state index in [1.807, 2.05) is 0 Å². The summed E-state index contributed by atoms with van der Waals surface area (Å²) in [6.45, 7) is 13.4. The molecule has 0 heterocycles. The Bertz CT molecular complexity index is 86.2. The van der Waals surface area contributed by atoms with Gasteiger partial charge in [0.05, 0.1) is 0 Å². The Kier molecular flexibility index (Phi) is 4.79. The molecule has 0 aliphatic rings. The molecule has 0 aromatic rings. The standard InChI is InChI=1S/C11H23/c1-6-10(7-2)11(5,8-3)9-4/h10H,5-9H2,1-4H3. The summed E-state index contributed by atoms with van der Waals surface area (Å²) in [5, 5.41) is 0. The lowest BCUT2D eigenvalue weighted by molar-refractivity contribution is 0.193. The Morgan fingerprint density at radius 1 is 1.00 bits per heavy atom. The average Bonchev–Trinajstić information content (AvgIpc) is 2.06. The van der Waals surface area contributed by atoms with Crippen molar-refractivity contribution in [3.63, 3.8) is 0 Å². The van der Waals surface area contributed by atoms with Gasteiger partial charge in [-0.2, -0.15) is 0 Å². The van der Waals surface area contributed by atoms with E-state index >= 15 is 0 Å². The quantitative estimate of drug-likeness (QED) is 0.561. The van der Waals surface area contributed by atoms with Gasteiger partial charge in [0.15, 0.2) is 0 Å².